The van der Waals surface area contributed by atoms with Crippen molar-refractivity contribution in [1.29, 1.82) is 0 Å². The van der Waals surface area contributed by atoms with Gasteiger partial charge in [0.25, 0.3) is 0 Å². The van der Waals surface area contributed by atoms with E-state index >= 15 is 0 Å². The Morgan fingerprint density at radius 2 is 2.08 bits per heavy atom. The van der Waals surface area contributed by atoms with Gasteiger partial charge in [0, 0.05) is 18.7 Å². The van der Waals surface area contributed by atoms with Gasteiger partial charge in [0.2, 0.25) is 0 Å². The molecule has 25 heavy (non-hydrogen) atoms. The summed E-state index contributed by atoms with van der Waals surface area (Å²) >= 11 is 0. The third-order valence-corrected chi connectivity index (χ3v) is 4.44. The average Bonchev–Trinajstić information content (AvgIpc) is 2.59. The van der Waals surface area contributed by atoms with Crippen LogP contribution in [0.3, 0.4) is 0 Å². The number of esters is 1. The first-order valence-corrected chi connectivity index (χ1v) is 9.22. The van der Waals surface area contributed by atoms with E-state index in [1.165, 1.54) is 0 Å². The van der Waals surface area contributed by atoms with E-state index in [9.17, 15) is 14.6 Å². The van der Waals surface area contributed by atoms with E-state index in [0.717, 1.165) is 31.2 Å². The molecule has 0 spiro atoms. The first-order chi connectivity index (χ1) is 12.1. The lowest BCUT2D eigenvalue weighted by molar-refractivity contribution is -0.119. The average molecular weight is 346 g/mol. The number of benzene rings is 1. The molecule has 0 bridgehead atoms. The van der Waals surface area contributed by atoms with Crippen molar-refractivity contribution >= 4 is 18.9 Å². The molecule has 0 fully saturated rings. The maximum Gasteiger partial charge on any atom is 0.526 e. The molecule has 136 valence electrons. The molecule has 1 aliphatic heterocycles. The highest BCUT2D eigenvalue weighted by atomic mass is 16.5. The summed E-state index contributed by atoms with van der Waals surface area (Å²) in [6, 6.07) is 5.30. The highest BCUT2D eigenvalue weighted by Gasteiger charge is 2.37. The summed E-state index contributed by atoms with van der Waals surface area (Å²) in [6.07, 6.45) is 5.04. The molecule has 0 amide bonds. The fraction of sp³-hybridized carbons (Fsp3) is 0.579. The molecule has 0 aliphatic carbocycles. The minimum absolute atomic E-state index is 0.130. The normalized spacial score (nSPS) is 16.1. The zero-order valence-corrected chi connectivity index (χ0v) is 15.1. The van der Waals surface area contributed by atoms with Crippen molar-refractivity contribution in [2.45, 2.75) is 64.6 Å². The number of para-hydroxylation sites is 1. The Morgan fingerprint density at radius 1 is 1.28 bits per heavy atom. The molecular formula is C19H27BO5. The van der Waals surface area contributed by atoms with Gasteiger partial charge in [-0.25, -0.2) is 4.79 Å². The molecule has 0 unspecified atom stereocenters. The fourth-order valence-corrected chi connectivity index (χ4v) is 3.09. The molecule has 2 rings (SSSR count). The smallest absolute Gasteiger partial charge is 0.526 e. The van der Waals surface area contributed by atoms with Crippen LogP contribution in [0.1, 0.15) is 68.3 Å². The standard InChI is InChI=1S/C19H27BO5/c1-3-5-6-11-24-19(22)17-10-7-9-14-12-15(13-16(21)8-4-2)20(23)25-18(14)17/h7,9-10,15,23H,3-6,8,11-13H2,1-2H3/t15-/m1/s1. The van der Waals surface area contributed by atoms with Crippen LogP contribution in [0.2, 0.25) is 5.82 Å². The summed E-state index contributed by atoms with van der Waals surface area (Å²) < 4.78 is 10.9. The van der Waals surface area contributed by atoms with Gasteiger partial charge < -0.3 is 14.4 Å². The molecule has 0 saturated heterocycles. The second-order valence-electron chi connectivity index (χ2n) is 6.60. The zero-order chi connectivity index (χ0) is 18.2. The van der Waals surface area contributed by atoms with E-state index in [-0.39, 0.29) is 11.6 Å². The maximum absolute atomic E-state index is 12.3. The Balaban J connectivity index is 2.06. The Morgan fingerprint density at radius 3 is 2.80 bits per heavy atom. The zero-order valence-electron chi connectivity index (χ0n) is 15.1. The van der Waals surface area contributed by atoms with Crippen molar-refractivity contribution < 1.29 is 24.0 Å². The maximum atomic E-state index is 12.3. The second-order valence-corrected chi connectivity index (χ2v) is 6.60. The summed E-state index contributed by atoms with van der Waals surface area (Å²) in [5.74, 6) is -0.192. The number of Topliss-reactive ketones (excluding diaryl/α,β-unsaturated/α-hetero) is 1. The molecule has 1 heterocycles. The number of rotatable bonds is 9. The number of fused-ring (bicyclic) bond motifs is 1. The summed E-state index contributed by atoms with van der Waals surface area (Å²) in [5, 5.41) is 10.3. The van der Waals surface area contributed by atoms with Crippen LogP contribution in [0.25, 0.3) is 0 Å². The first kappa shape index (κ1) is 19.5. The van der Waals surface area contributed by atoms with Crippen molar-refractivity contribution in [3.05, 3.63) is 29.3 Å². The fourth-order valence-electron chi connectivity index (χ4n) is 3.09. The first-order valence-electron chi connectivity index (χ1n) is 9.22. The topological polar surface area (TPSA) is 72.8 Å². The van der Waals surface area contributed by atoms with Gasteiger partial charge in [0.1, 0.15) is 17.1 Å². The summed E-state index contributed by atoms with van der Waals surface area (Å²) in [5.41, 5.74) is 1.17. The molecule has 0 saturated carbocycles. The van der Waals surface area contributed by atoms with Crippen LogP contribution in [-0.2, 0) is 16.0 Å². The molecule has 5 nitrogen and oxygen atoms in total. The highest BCUT2D eigenvalue weighted by Crippen LogP contribution is 2.36. The van der Waals surface area contributed by atoms with E-state index < -0.39 is 13.1 Å². The van der Waals surface area contributed by atoms with Crippen LogP contribution < -0.4 is 4.65 Å². The molecule has 1 aromatic rings. The van der Waals surface area contributed by atoms with Gasteiger partial charge in [-0.05, 0) is 30.9 Å². The van der Waals surface area contributed by atoms with Crippen molar-refractivity contribution in [3.8, 4) is 5.75 Å². The molecule has 0 aromatic heterocycles. The minimum atomic E-state index is -1.08. The van der Waals surface area contributed by atoms with Crippen LogP contribution >= 0.6 is 0 Å². The summed E-state index contributed by atoms with van der Waals surface area (Å²) in [4.78, 5) is 24.2. The lowest BCUT2D eigenvalue weighted by Gasteiger charge is -2.28. The summed E-state index contributed by atoms with van der Waals surface area (Å²) in [7, 11) is -1.08. The van der Waals surface area contributed by atoms with Crippen LogP contribution in [0.5, 0.6) is 5.75 Å². The van der Waals surface area contributed by atoms with Crippen LogP contribution in [0, 0.1) is 0 Å². The highest BCUT2D eigenvalue weighted by molar-refractivity contribution is 6.47. The Labute approximate surface area is 149 Å². The number of carbonyl (C=O) groups excluding carboxylic acids is 2. The van der Waals surface area contributed by atoms with Gasteiger partial charge in [0.05, 0.1) is 6.61 Å². The van der Waals surface area contributed by atoms with E-state index in [4.69, 9.17) is 9.39 Å². The number of ether oxygens (including phenoxy) is 1. The molecule has 1 N–H and O–H groups in total. The monoisotopic (exact) mass is 346 g/mol. The number of carbonyl (C=O) groups is 2. The van der Waals surface area contributed by atoms with Gasteiger partial charge in [-0.3, -0.25) is 4.79 Å². The van der Waals surface area contributed by atoms with E-state index in [1.54, 1.807) is 12.1 Å². The van der Waals surface area contributed by atoms with Gasteiger partial charge >= 0.3 is 13.1 Å². The molecule has 6 heteroatoms. The quantitative estimate of drug-likeness (QED) is 0.420. The molecule has 1 aliphatic rings. The number of hydrogen-bond donors (Lipinski definition) is 1. The van der Waals surface area contributed by atoms with Crippen LogP contribution in [0.4, 0.5) is 0 Å². The largest absolute Gasteiger partial charge is 0.535 e. The lowest BCUT2D eigenvalue weighted by atomic mass is 9.64. The number of unbranched alkanes of at least 4 members (excludes halogenated alkanes) is 2. The van der Waals surface area contributed by atoms with E-state index in [0.29, 0.717) is 37.2 Å². The van der Waals surface area contributed by atoms with Gasteiger partial charge in [-0.2, -0.15) is 0 Å². The van der Waals surface area contributed by atoms with Gasteiger partial charge in [-0.1, -0.05) is 38.8 Å². The third kappa shape index (κ3) is 5.33. The lowest BCUT2D eigenvalue weighted by Crippen LogP contribution is -2.35. The van der Waals surface area contributed by atoms with Crippen molar-refractivity contribution in [3.63, 3.8) is 0 Å². The third-order valence-electron chi connectivity index (χ3n) is 4.44. The molecular weight excluding hydrogens is 319 g/mol. The van der Waals surface area contributed by atoms with Crippen LogP contribution in [-0.4, -0.2) is 30.5 Å². The number of hydrogen-bond acceptors (Lipinski definition) is 5. The van der Waals surface area contributed by atoms with Crippen molar-refractivity contribution in [2.24, 2.45) is 0 Å². The van der Waals surface area contributed by atoms with Crippen molar-refractivity contribution in [1.82, 2.24) is 0 Å². The number of ketones is 1. The molecule has 1 atom stereocenters. The molecule has 0 radical (unpaired) electrons. The van der Waals surface area contributed by atoms with E-state index in [2.05, 4.69) is 6.92 Å². The minimum Gasteiger partial charge on any atom is -0.535 e. The summed E-state index contributed by atoms with van der Waals surface area (Å²) in [6.45, 7) is 4.43. The van der Waals surface area contributed by atoms with Gasteiger partial charge in [-0.15, -0.1) is 0 Å². The Hall–Kier alpha value is -1.82. The van der Waals surface area contributed by atoms with Crippen molar-refractivity contribution in [2.75, 3.05) is 6.61 Å². The second kappa shape index (κ2) is 9.61. The van der Waals surface area contributed by atoms with Gasteiger partial charge in [0.15, 0.2) is 0 Å². The SMILES string of the molecule is CCCCCOC(=O)c1cccc2c1OB(O)[C@@H](CC(=O)CCC)C2. The molecule has 1 aromatic carbocycles. The van der Waals surface area contributed by atoms with Crippen LogP contribution in [0.15, 0.2) is 18.2 Å². The predicted molar refractivity (Wildman–Crippen MR) is 96.8 cm³/mol. The van der Waals surface area contributed by atoms with E-state index in [1.807, 2.05) is 13.0 Å². The Bertz CT molecular complexity index is 601. The Kier molecular flexibility index (Phi) is 7.50. The predicted octanol–water partition coefficient (Wildman–Crippen LogP) is 3.58.